The number of benzene rings is 1. The number of hydrogen-bond acceptors (Lipinski definition) is 10. The Hall–Kier alpha value is -3.44. The van der Waals surface area contributed by atoms with Crippen molar-refractivity contribution < 1.29 is 27.5 Å². The molecule has 4 fully saturated rings. The Balaban J connectivity index is 1.21. The molecule has 6 rings (SSSR count). The molecular formula is C33H38Cl2N6O6S. The van der Waals surface area contributed by atoms with Gasteiger partial charge in [-0.25, -0.2) is 13.4 Å². The van der Waals surface area contributed by atoms with Crippen LogP contribution in [-0.4, -0.2) is 103 Å². The number of nitrogens with zero attached hydrogens (tertiary/aromatic N) is 5. The van der Waals surface area contributed by atoms with Crippen molar-refractivity contribution >= 4 is 57.0 Å². The Bertz CT molecular complexity index is 1750. The van der Waals surface area contributed by atoms with E-state index in [9.17, 15) is 28.1 Å². The standard InChI is InChI=1S/C33H38Cl2N6O6S/c1-31(2,20-47-21-42)40-13-11-39(12-14-40)23-4-5-27(25(34)15-23)48(45,46)24-16-26(29(43)38-32(19-36)7-8-32)41(18-24)30(44)33(9-10-33)22-3-6-28(35)37-17-22/h3-6,15,17,21,24,26H,7-14,16,18,20H2,1-2H3,(H,38,43). The number of likely N-dealkylation sites (tertiary alicyclic amines) is 1. The second kappa shape index (κ2) is 12.8. The maximum Gasteiger partial charge on any atom is 0.293 e. The minimum absolute atomic E-state index is 0.0594. The molecule has 2 aliphatic carbocycles. The molecule has 48 heavy (non-hydrogen) atoms. The number of anilines is 1. The predicted octanol–water partition coefficient (Wildman–Crippen LogP) is 3.11. The number of nitriles is 1. The van der Waals surface area contributed by atoms with E-state index in [0.29, 0.717) is 63.9 Å². The molecule has 12 nitrogen and oxygen atoms in total. The van der Waals surface area contributed by atoms with Gasteiger partial charge in [0.15, 0.2) is 9.84 Å². The van der Waals surface area contributed by atoms with Crippen LogP contribution in [0, 0.1) is 11.3 Å². The maximum absolute atomic E-state index is 14.2. The van der Waals surface area contributed by atoms with Crippen molar-refractivity contribution in [1.82, 2.24) is 20.1 Å². The lowest BCUT2D eigenvalue weighted by Crippen LogP contribution is -2.56. The van der Waals surface area contributed by atoms with Crippen LogP contribution in [0.15, 0.2) is 41.4 Å². The second-order valence-corrected chi connectivity index (χ2v) is 16.8. The average Bonchev–Trinajstić information content (AvgIpc) is 4.00. The zero-order valence-corrected chi connectivity index (χ0v) is 29.2. The van der Waals surface area contributed by atoms with Crippen molar-refractivity contribution in [2.24, 2.45) is 0 Å². The molecule has 2 saturated heterocycles. The normalized spacial score (nSPS) is 23.2. The van der Waals surface area contributed by atoms with Gasteiger partial charge in [0.25, 0.3) is 6.47 Å². The Morgan fingerprint density at radius 3 is 2.40 bits per heavy atom. The lowest BCUT2D eigenvalue weighted by Gasteiger charge is -2.44. The van der Waals surface area contributed by atoms with Crippen LogP contribution in [0.3, 0.4) is 0 Å². The minimum atomic E-state index is -4.09. The van der Waals surface area contributed by atoms with Crippen LogP contribution >= 0.6 is 23.2 Å². The molecule has 256 valence electrons. The third kappa shape index (κ3) is 6.47. The molecule has 2 aromatic rings. The first-order chi connectivity index (χ1) is 22.7. The van der Waals surface area contributed by atoms with Crippen molar-refractivity contribution in [1.29, 1.82) is 5.26 Å². The van der Waals surface area contributed by atoms with Gasteiger partial charge in [-0.2, -0.15) is 5.26 Å². The average molecular weight is 718 g/mol. The third-order valence-electron chi connectivity index (χ3n) is 10.3. The van der Waals surface area contributed by atoms with E-state index < -0.39 is 38.0 Å². The lowest BCUT2D eigenvalue weighted by molar-refractivity contribution is -0.140. The van der Waals surface area contributed by atoms with E-state index in [0.717, 1.165) is 5.69 Å². The highest BCUT2D eigenvalue weighted by atomic mass is 35.5. The molecule has 4 aliphatic rings. The number of pyridine rings is 1. The maximum atomic E-state index is 14.2. The summed E-state index contributed by atoms with van der Waals surface area (Å²) in [6, 6.07) is 9.27. The van der Waals surface area contributed by atoms with Crippen LogP contribution in [0.1, 0.15) is 51.5 Å². The van der Waals surface area contributed by atoms with Crippen molar-refractivity contribution in [2.75, 3.05) is 44.2 Å². The summed E-state index contributed by atoms with van der Waals surface area (Å²) in [5.74, 6) is -0.876. The van der Waals surface area contributed by atoms with Gasteiger partial charge in [0.2, 0.25) is 11.8 Å². The lowest BCUT2D eigenvalue weighted by atomic mass is 9.95. The van der Waals surface area contributed by atoms with Gasteiger partial charge in [-0.1, -0.05) is 29.3 Å². The molecule has 2 atom stereocenters. The van der Waals surface area contributed by atoms with Crippen LogP contribution in [0.25, 0.3) is 0 Å². The fourth-order valence-corrected chi connectivity index (χ4v) is 9.23. The number of carbonyl (C=O) groups excluding carboxylic acids is 3. The first kappa shape index (κ1) is 34.4. The van der Waals surface area contributed by atoms with Gasteiger partial charge in [-0.3, -0.25) is 19.3 Å². The summed E-state index contributed by atoms with van der Waals surface area (Å²) < 4.78 is 33.3. The first-order valence-corrected chi connectivity index (χ1v) is 18.3. The number of nitrogens with one attached hydrogen (secondary N) is 1. The van der Waals surface area contributed by atoms with E-state index >= 15 is 0 Å². The molecule has 2 aliphatic heterocycles. The van der Waals surface area contributed by atoms with Crippen molar-refractivity contribution in [3.05, 3.63) is 52.3 Å². The van der Waals surface area contributed by atoms with Gasteiger partial charge in [0.05, 0.1) is 26.7 Å². The molecule has 2 amide bonds. The number of sulfone groups is 1. The molecule has 2 saturated carbocycles. The van der Waals surface area contributed by atoms with Crippen LogP contribution in [0.5, 0.6) is 0 Å². The molecule has 0 spiro atoms. The number of hydrogen-bond donors (Lipinski definition) is 1. The molecule has 15 heteroatoms. The van der Waals surface area contributed by atoms with E-state index in [2.05, 4.69) is 26.2 Å². The molecule has 1 aromatic carbocycles. The van der Waals surface area contributed by atoms with Crippen LogP contribution < -0.4 is 10.2 Å². The molecule has 1 aromatic heterocycles. The molecule has 1 N–H and O–H groups in total. The SMILES string of the molecule is CC(C)(COC=O)N1CCN(c2ccc(S(=O)(=O)C3CC(C(=O)NC4(C#N)CC4)N(C(=O)C4(c5ccc(Cl)nc5)CC4)C3)c(Cl)c2)CC1. The summed E-state index contributed by atoms with van der Waals surface area (Å²) in [6.45, 7) is 7.32. The quantitative estimate of drug-likeness (QED) is 0.271. The fraction of sp³-hybridized carbons (Fsp3) is 0.545. The Morgan fingerprint density at radius 1 is 1.12 bits per heavy atom. The van der Waals surface area contributed by atoms with Crippen molar-refractivity contribution in [3.63, 3.8) is 0 Å². The zero-order chi connectivity index (χ0) is 34.5. The molecular weight excluding hydrogens is 679 g/mol. The molecule has 3 heterocycles. The van der Waals surface area contributed by atoms with Gasteiger partial charge < -0.3 is 19.9 Å². The van der Waals surface area contributed by atoms with E-state index in [1.807, 2.05) is 13.8 Å². The second-order valence-electron chi connectivity index (χ2n) is 13.8. The predicted molar refractivity (Wildman–Crippen MR) is 178 cm³/mol. The van der Waals surface area contributed by atoms with Gasteiger partial charge in [0.1, 0.15) is 23.3 Å². The van der Waals surface area contributed by atoms with E-state index in [1.165, 1.54) is 11.0 Å². The number of piperazine rings is 1. The minimum Gasteiger partial charge on any atom is -0.466 e. The number of rotatable bonds is 11. The number of ether oxygens (including phenoxy) is 1. The summed E-state index contributed by atoms with van der Waals surface area (Å²) in [6.07, 6.45) is 3.49. The first-order valence-electron chi connectivity index (χ1n) is 16.0. The number of carbonyl (C=O) groups is 3. The monoisotopic (exact) mass is 716 g/mol. The van der Waals surface area contributed by atoms with E-state index in [4.69, 9.17) is 27.9 Å². The van der Waals surface area contributed by atoms with E-state index in [-0.39, 0.29) is 46.1 Å². The van der Waals surface area contributed by atoms with E-state index in [1.54, 1.807) is 30.5 Å². The van der Waals surface area contributed by atoms with Gasteiger partial charge >= 0.3 is 0 Å². The highest BCUT2D eigenvalue weighted by Gasteiger charge is 2.58. The van der Waals surface area contributed by atoms with Gasteiger partial charge in [0, 0.05) is 50.1 Å². The van der Waals surface area contributed by atoms with Crippen LogP contribution in [-0.2, 0) is 34.4 Å². The van der Waals surface area contributed by atoms with Gasteiger partial charge in [-0.15, -0.1) is 0 Å². The highest BCUT2D eigenvalue weighted by molar-refractivity contribution is 7.92. The van der Waals surface area contributed by atoms with Crippen LogP contribution in [0.2, 0.25) is 10.2 Å². The Morgan fingerprint density at radius 2 is 1.83 bits per heavy atom. The molecule has 0 radical (unpaired) electrons. The third-order valence-corrected chi connectivity index (χ3v) is 13.1. The molecule has 2 unspecified atom stereocenters. The summed E-state index contributed by atoms with van der Waals surface area (Å²) in [7, 11) is -4.09. The number of amides is 2. The van der Waals surface area contributed by atoms with Crippen LogP contribution in [0.4, 0.5) is 5.69 Å². The number of aromatic nitrogens is 1. The fourth-order valence-electron chi connectivity index (χ4n) is 6.88. The zero-order valence-electron chi connectivity index (χ0n) is 26.8. The summed E-state index contributed by atoms with van der Waals surface area (Å²) >= 11 is 12.7. The highest BCUT2D eigenvalue weighted by Crippen LogP contribution is 2.51. The van der Waals surface area contributed by atoms with Crippen molar-refractivity contribution in [3.8, 4) is 6.07 Å². The van der Waals surface area contributed by atoms with Gasteiger partial charge in [-0.05, 0) is 75.8 Å². The largest absolute Gasteiger partial charge is 0.466 e. The summed E-state index contributed by atoms with van der Waals surface area (Å²) in [5, 5.41) is 11.6. The Labute approximate surface area is 290 Å². The molecule has 0 bridgehead atoms. The van der Waals surface area contributed by atoms with Crippen molar-refractivity contribution in [2.45, 2.75) is 78.6 Å². The number of halogens is 2. The summed E-state index contributed by atoms with van der Waals surface area (Å²) in [5.41, 5.74) is -0.785. The smallest absolute Gasteiger partial charge is 0.293 e. The Kier molecular flexibility index (Phi) is 9.17. The summed E-state index contributed by atoms with van der Waals surface area (Å²) in [4.78, 5) is 48.3. The topological polar surface area (TPSA) is 153 Å².